The number of aromatic nitrogens is 2. The van der Waals surface area contributed by atoms with E-state index in [1.165, 1.54) is 5.56 Å². The van der Waals surface area contributed by atoms with Gasteiger partial charge >= 0.3 is 0 Å². The van der Waals surface area contributed by atoms with Gasteiger partial charge in [-0.1, -0.05) is 57.9 Å². The number of aryl methyl sites for hydroxylation is 1. The van der Waals surface area contributed by atoms with Crippen molar-refractivity contribution in [2.75, 3.05) is 0 Å². The Hall–Kier alpha value is -2.73. The molecule has 1 amide bonds. The quantitative estimate of drug-likeness (QED) is 0.530. The Morgan fingerprint density at radius 2 is 1.88 bits per heavy atom. The van der Waals surface area contributed by atoms with Crippen molar-refractivity contribution in [3.63, 3.8) is 0 Å². The van der Waals surface area contributed by atoms with Gasteiger partial charge in [0.15, 0.2) is 0 Å². The van der Waals surface area contributed by atoms with Crippen LogP contribution < -0.4 is 5.43 Å². The molecule has 6 heteroatoms. The fourth-order valence-corrected chi connectivity index (χ4v) is 2.35. The molecule has 120 valence electrons. The second-order valence-electron chi connectivity index (χ2n) is 5.28. The largest absolute Gasteiger partial charge is 0.289 e. The van der Waals surface area contributed by atoms with Crippen molar-refractivity contribution in [3.05, 3.63) is 75.9 Å². The molecule has 3 rings (SSSR count). The number of amides is 1. The van der Waals surface area contributed by atoms with Gasteiger partial charge in [-0.2, -0.15) is 10.2 Å². The molecule has 0 saturated carbocycles. The van der Waals surface area contributed by atoms with Gasteiger partial charge in [0.25, 0.3) is 5.91 Å². The first-order chi connectivity index (χ1) is 11.6. The first-order valence-corrected chi connectivity index (χ1v) is 8.12. The lowest BCUT2D eigenvalue weighted by atomic mass is 10.1. The fourth-order valence-electron chi connectivity index (χ4n) is 2.08. The summed E-state index contributed by atoms with van der Waals surface area (Å²) in [5, 5.41) is 10.8. The summed E-state index contributed by atoms with van der Waals surface area (Å²) in [5.74, 6) is -0.339. The van der Waals surface area contributed by atoms with Crippen LogP contribution in [0.3, 0.4) is 0 Å². The highest BCUT2D eigenvalue weighted by Gasteiger charge is 2.10. The Balaban J connectivity index is 1.65. The van der Waals surface area contributed by atoms with Gasteiger partial charge in [0.2, 0.25) is 0 Å². The molecule has 0 aliphatic carbocycles. The predicted molar refractivity (Wildman–Crippen MR) is 98.0 cm³/mol. The predicted octanol–water partition coefficient (Wildman–Crippen LogP) is 3.91. The minimum absolute atomic E-state index is 0.339. The number of H-pyrrole nitrogens is 1. The summed E-state index contributed by atoms with van der Waals surface area (Å²) in [5.41, 5.74) is 6.57. The second kappa shape index (κ2) is 7.23. The number of rotatable bonds is 4. The van der Waals surface area contributed by atoms with Crippen LogP contribution in [0.2, 0.25) is 0 Å². The maximum atomic E-state index is 12.1. The minimum atomic E-state index is -0.339. The zero-order valence-electron chi connectivity index (χ0n) is 13.0. The minimum Gasteiger partial charge on any atom is -0.272 e. The Morgan fingerprint density at radius 1 is 1.17 bits per heavy atom. The highest BCUT2D eigenvalue weighted by Crippen LogP contribution is 2.20. The van der Waals surface area contributed by atoms with Crippen molar-refractivity contribution in [1.82, 2.24) is 15.6 Å². The molecule has 24 heavy (non-hydrogen) atoms. The van der Waals surface area contributed by atoms with Gasteiger partial charge in [0.05, 0.1) is 11.9 Å². The van der Waals surface area contributed by atoms with E-state index in [1.54, 1.807) is 12.3 Å². The van der Waals surface area contributed by atoms with E-state index in [0.29, 0.717) is 11.4 Å². The molecule has 0 bridgehead atoms. The van der Waals surface area contributed by atoms with Gasteiger partial charge in [-0.25, -0.2) is 5.43 Å². The number of hydrogen-bond donors (Lipinski definition) is 2. The van der Waals surface area contributed by atoms with Crippen LogP contribution in [-0.2, 0) is 0 Å². The number of nitrogens with one attached hydrogen (secondary N) is 2. The van der Waals surface area contributed by atoms with Crippen LogP contribution >= 0.6 is 15.9 Å². The molecule has 1 aromatic heterocycles. The molecule has 0 atom stereocenters. The molecule has 2 N–H and O–H groups in total. The van der Waals surface area contributed by atoms with Crippen LogP contribution in [-0.4, -0.2) is 22.3 Å². The zero-order valence-corrected chi connectivity index (χ0v) is 14.5. The van der Waals surface area contributed by atoms with Crippen LogP contribution in [0.5, 0.6) is 0 Å². The smallest absolute Gasteiger partial charge is 0.272 e. The molecule has 1 heterocycles. The number of hydrazone groups is 1. The number of halogens is 1. The number of nitrogens with zero attached hydrogens (tertiary/aromatic N) is 2. The van der Waals surface area contributed by atoms with Crippen molar-refractivity contribution < 1.29 is 4.79 Å². The average molecular weight is 383 g/mol. The van der Waals surface area contributed by atoms with Gasteiger partial charge < -0.3 is 0 Å². The first-order valence-electron chi connectivity index (χ1n) is 7.33. The molecule has 0 saturated heterocycles. The van der Waals surface area contributed by atoms with E-state index in [4.69, 9.17) is 0 Å². The van der Waals surface area contributed by atoms with E-state index in [0.717, 1.165) is 15.6 Å². The highest BCUT2D eigenvalue weighted by atomic mass is 79.9. The Bertz CT molecular complexity index is 867. The SMILES string of the molecule is Cc1ccc(/C=N\NC(=O)c2cc(-c3ccc(Br)cc3)n[nH]2)cc1. The molecule has 0 fully saturated rings. The third-order valence-corrected chi connectivity index (χ3v) is 3.95. The Morgan fingerprint density at radius 3 is 2.58 bits per heavy atom. The van der Waals surface area contributed by atoms with Crippen molar-refractivity contribution in [2.45, 2.75) is 6.92 Å². The molecule has 0 spiro atoms. The molecule has 5 nitrogen and oxygen atoms in total. The second-order valence-corrected chi connectivity index (χ2v) is 6.20. The van der Waals surface area contributed by atoms with Crippen molar-refractivity contribution >= 4 is 28.1 Å². The maximum Gasteiger partial charge on any atom is 0.289 e. The van der Waals surface area contributed by atoms with Crippen LogP contribution in [0.15, 0.2) is 64.2 Å². The van der Waals surface area contributed by atoms with Crippen LogP contribution in [0, 0.1) is 6.92 Å². The summed E-state index contributed by atoms with van der Waals surface area (Å²) in [7, 11) is 0. The van der Waals surface area contributed by atoms with Crippen LogP contribution in [0.25, 0.3) is 11.3 Å². The highest BCUT2D eigenvalue weighted by molar-refractivity contribution is 9.10. The van der Waals surface area contributed by atoms with Gasteiger partial charge in [-0.3, -0.25) is 9.89 Å². The summed E-state index contributed by atoms with van der Waals surface area (Å²) < 4.78 is 0.991. The fraction of sp³-hybridized carbons (Fsp3) is 0.0556. The maximum absolute atomic E-state index is 12.1. The Kier molecular flexibility index (Phi) is 4.86. The summed E-state index contributed by atoms with van der Waals surface area (Å²) in [6.07, 6.45) is 1.60. The van der Waals surface area contributed by atoms with E-state index >= 15 is 0 Å². The molecule has 2 aromatic carbocycles. The zero-order chi connectivity index (χ0) is 16.9. The van der Waals surface area contributed by atoms with Crippen molar-refractivity contribution in [2.24, 2.45) is 5.10 Å². The number of benzene rings is 2. The van der Waals surface area contributed by atoms with Gasteiger partial charge in [-0.05, 0) is 30.7 Å². The number of carbonyl (C=O) groups excluding carboxylic acids is 1. The summed E-state index contributed by atoms with van der Waals surface area (Å²) in [4.78, 5) is 12.1. The molecule has 0 aliphatic heterocycles. The third-order valence-electron chi connectivity index (χ3n) is 3.42. The lowest BCUT2D eigenvalue weighted by Gasteiger charge is -1.97. The molecule has 0 aliphatic rings. The topological polar surface area (TPSA) is 70.1 Å². The number of carbonyl (C=O) groups is 1. The van der Waals surface area contributed by atoms with Gasteiger partial charge in [0, 0.05) is 10.0 Å². The van der Waals surface area contributed by atoms with E-state index < -0.39 is 0 Å². The normalized spacial score (nSPS) is 10.9. The van der Waals surface area contributed by atoms with Gasteiger partial charge in [-0.15, -0.1) is 0 Å². The lowest BCUT2D eigenvalue weighted by molar-refractivity contribution is 0.0950. The summed E-state index contributed by atoms with van der Waals surface area (Å²) in [6.45, 7) is 2.02. The third kappa shape index (κ3) is 3.97. The van der Waals surface area contributed by atoms with E-state index in [9.17, 15) is 4.79 Å². The van der Waals surface area contributed by atoms with E-state index in [-0.39, 0.29) is 5.91 Å². The van der Waals surface area contributed by atoms with Crippen LogP contribution in [0.1, 0.15) is 21.6 Å². The molecule has 3 aromatic rings. The van der Waals surface area contributed by atoms with E-state index in [1.807, 2.05) is 55.5 Å². The van der Waals surface area contributed by atoms with Crippen molar-refractivity contribution in [3.8, 4) is 11.3 Å². The van der Waals surface area contributed by atoms with E-state index in [2.05, 4.69) is 36.7 Å². The lowest BCUT2D eigenvalue weighted by Crippen LogP contribution is -2.17. The van der Waals surface area contributed by atoms with Crippen LogP contribution in [0.4, 0.5) is 0 Å². The molecule has 0 radical (unpaired) electrons. The van der Waals surface area contributed by atoms with Crippen molar-refractivity contribution in [1.29, 1.82) is 0 Å². The summed E-state index contributed by atoms with van der Waals surface area (Å²) in [6, 6.07) is 17.3. The Labute approximate surface area is 147 Å². The monoisotopic (exact) mass is 382 g/mol. The molecule has 0 unspecified atom stereocenters. The molecular weight excluding hydrogens is 368 g/mol. The number of hydrogen-bond acceptors (Lipinski definition) is 3. The number of aromatic amines is 1. The van der Waals surface area contributed by atoms with Gasteiger partial charge in [0.1, 0.15) is 5.69 Å². The molecular formula is C18H15BrN4O. The standard InChI is InChI=1S/C18H15BrN4O/c1-12-2-4-13(5-3-12)11-20-23-18(24)17-10-16(21-22-17)14-6-8-15(19)9-7-14/h2-11H,1H3,(H,21,22)(H,23,24)/b20-11-. The average Bonchev–Trinajstić information content (AvgIpc) is 3.07. The first kappa shape index (κ1) is 16.1. The summed E-state index contributed by atoms with van der Waals surface area (Å²) >= 11 is 3.39.